The van der Waals surface area contributed by atoms with Crippen molar-refractivity contribution in [3.05, 3.63) is 29.6 Å². The predicted octanol–water partition coefficient (Wildman–Crippen LogP) is 1.56. The van der Waals surface area contributed by atoms with Crippen LogP contribution in [-0.2, 0) is 11.3 Å². The number of aromatic nitrogens is 1. The summed E-state index contributed by atoms with van der Waals surface area (Å²) in [5.41, 5.74) is 2.26. The molecule has 0 spiro atoms. The Bertz CT molecular complexity index is 512. The van der Waals surface area contributed by atoms with Crippen LogP contribution in [-0.4, -0.2) is 62.3 Å². The van der Waals surface area contributed by atoms with Crippen molar-refractivity contribution in [2.75, 3.05) is 40.4 Å². The Morgan fingerprint density at radius 1 is 1.42 bits per heavy atom. The first-order valence-corrected chi connectivity index (χ1v) is 8.82. The molecule has 134 valence electrons. The average Bonchev–Trinajstić information content (AvgIpc) is 2.61. The van der Waals surface area contributed by atoms with Crippen LogP contribution < -0.4 is 10.6 Å². The van der Waals surface area contributed by atoms with E-state index in [0.29, 0.717) is 12.6 Å². The summed E-state index contributed by atoms with van der Waals surface area (Å²) >= 11 is 0. The Balaban J connectivity index is 1.71. The lowest BCUT2D eigenvalue weighted by molar-refractivity contribution is 0.155. The highest BCUT2D eigenvalue weighted by molar-refractivity contribution is 5.79. The van der Waals surface area contributed by atoms with Crippen molar-refractivity contribution in [1.82, 2.24) is 20.5 Å². The number of piperidine rings is 1. The molecular formula is C18H31N5O. The van der Waals surface area contributed by atoms with E-state index < -0.39 is 0 Å². The molecule has 0 atom stereocenters. The van der Waals surface area contributed by atoms with Crippen LogP contribution >= 0.6 is 0 Å². The van der Waals surface area contributed by atoms with E-state index in [2.05, 4.69) is 38.5 Å². The zero-order valence-electron chi connectivity index (χ0n) is 15.2. The highest BCUT2D eigenvalue weighted by Gasteiger charge is 2.19. The van der Waals surface area contributed by atoms with E-state index in [1.807, 2.05) is 19.3 Å². The Labute approximate surface area is 145 Å². The Morgan fingerprint density at radius 3 is 2.88 bits per heavy atom. The Kier molecular flexibility index (Phi) is 7.98. The van der Waals surface area contributed by atoms with Gasteiger partial charge in [-0.15, -0.1) is 0 Å². The molecule has 0 bridgehead atoms. The minimum Gasteiger partial charge on any atom is -0.385 e. The molecule has 1 aliphatic heterocycles. The minimum absolute atomic E-state index is 0.486. The summed E-state index contributed by atoms with van der Waals surface area (Å²) < 4.78 is 5.12. The lowest BCUT2D eigenvalue weighted by atomic mass is 10.1. The standard InChI is InChI=1S/C18H31N5O/c1-15-6-4-9-20-17(15)14-21-18(19-2)22-16-7-11-23(12-8-16)10-5-13-24-3/h4,6,9,16H,5,7-8,10-14H2,1-3H3,(H2,19,21,22). The quantitative estimate of drug-likeness (QED) is 0.450. The molecule has 24 heavy (non-hydrogen) atoms. The third-order valence-electron chi connectivity index (χ3n) is 4.52. The normalized spacial score (nSPS) is 17.0. The van der Waals surface area contributed by atoms with Gasteiger partial charge in [-0.3, -0.25) is 9.98 Å². The van der Waals surface area contributed by atoms with Gasteiger partial charge in [-0.25, -0.2) is 0 Å². The smallest absolute Gasteiger partial charge is 0.191 e. The maximum absolute atomic E-state index is 5.12. The first kappa shape index (κ1) is 18.7. The lowest BCUT2D eigenvalue weighted by Gasteiger charge is -2.33. The molecule has 0 saturated carbocycles. The van der Waals surface area contributed by atoms with Crippen LogP contribution in [0, 0.1) is 6.92 Å². The third-order valence-corrected chi connectivity index (χ3v) is 4.52. The number of nitrogens with one attached hydrogen (secondary N) is 2. The molecule has 1 aliphatic rings. The van der Waals surface area contributed by atoms with Crippen LogP contribution in [0.25, 0.3) is 0 Å². The topological polar surface area (TPSA) is 61.8 Å². The highest BCUT2D eigenvalue weighted by Crippen LogP contribution is 2.10. The molecule has 0 aliphatic carbocycles. The van der Waals surface area contributed by atoms with Crippen molar-refractivity contribution in [3.63, 3.8) is 0 Å². The summed E-state index contributed by atoms with van der Waals surface area (Å²) in [6, 6.07) is 4.53. The summed E-state index contributed by atoms with van der Waals surface area (Å²) in [4.78, 5) is 11.3. The molecule has 1 aromatic heterocycles. The van der Waals surface area contributed by atoms with E-state index in [-0.39, 0.29) is 0 Å². The van der Waals surface area contributed by atoms with Gasteiger partial charge in [-0.1, -0.05) is 6.07 Å². The van der Waals surface area contributed by atoms with Gasteiger partial charge < -0.3 is 20.3 Å². The Hall–Kier alpha value is -1.66. The van der Waals surface area contributed by atoms with E-state index in [1.165, 1.54) is 5.56 Å². The number of rotatable bonds is 7. The zero-order valence-corrected chi connectivity index (χ0v) is 15.2. The lowest BCUT2D eigenvalue weighted by Crippen LogP contribution is -2.48. The fourth-order valence-electron chi connectivity index (χ4n) is 2.99. The first-order chi connectivity index (χ1) is 11.7. The van der Waals surface area contributed by atoms with Crippen LogP contribution in [0.4, 0.5) is 0 Å². The van der Waals surface area contributed by atoms with Crippen LogP contribution in [0.2, 0.25) is 0 Å². The fraction of sp³-hybridized carbons (Fsp3) is 0.667. The number of hydrogen-bond acceptors (Lipinski definition) is 4. The van der Waals surface area contributed by atoms with Crippen molar-refractivity contribution in [1.29, 1.82) is 0 Å². The summed E-state index contributed by atoms with van der Waals surface area (Å²) in [6.07, 6.45) is 5.24. The molecule has 0 radical (unpaired) electrons. The van der Waals surface area contributed by atoms with Gasteiger partial charge in [0.15, 0.2) is 5.96 Å². The van der Waals surface area contributed by atoms with E-state index >= 15 is 0 Å². The molecule has 2 rings (SSSR count). The summed E-state index contributed by atoms with van der Waals surface area (Å²) in [6.45, 7) is 7.03. The summed E-state index contributed by atoms with van der Waals surface area (Å²) in [5, 5.41) is 6.92. The zero-order chi connectivity index (χ0) is 17.2. The SMILES string of the molecule is CN=C(NCc1ncccc1C)NC1CCN(CCCOC)CC1. The van der Waals surface area contributed by atoms with Crippen LogP contribution in [0.3, 0.4) is 0 Å². The highest BCUT2D eigenvalue weighted by atomic mass is 16.5. The summed E-state index contributed by atoms with van der Waals surface area (Å²) in [7, 11) is 3.59. The van der Waals surface area contributed by atoms with Gasteiger partial charge in [0.25, 0.3) is 0 Å². The molecule has 1 aromatic rings. The molecule has 6 heteroatoms. The molecule has 1 saturated heterocycles. The largest absolute Gasteiger partial charge is 0.385 e. The maximum Gasteiger partial charge on any atom is 0.191 e. The number of methoxy groups -OCH3 is 1. The third kappa shape index (κ3) is 6.09. The van der Waals surface area contributed by atoms with Crippen molar-refractivity contribution in [2.45, 2.75) is 38.8 Å². The van der Waals surface area contributed by atoms with Crippen molar-refractivity contribution < 1.29 is 4.74 Å². The number of pyridine rings is 1. The van der Waals surface area contributed by atoms with E-state index in [4.69, 9.17) is 4.74 Å². The van der Waals surface area contributed by atoms with Crippen molar-refractivity contribution >= 4 is 5.96 Å². The van der Waals surface area contributed by atoms with Gasteiger partial charge in [-0.05, 0) is 37.8 Å². The fourth-order valence-corrected chi connectivity index (χ4v) is 2.99. The monoisotopic (exact) mass is 333 g/mol. The van der Waals surface area contributed by atoms with Crippen molar-refractivity contribution in [2.24, 2.45) is 4.99 Å². The van der Waals surface area contributed by atoms with Gasteiger partial charge in [0.2, 0.25) is 0 Å². The predicted molar refractivity (Wildman–Crippen MR) is 98.3 cm³/mol. The van der Waals surface area contributed by atoms with E-state index in [0.717, 1.165) is 57.2 Å². The molecule has 2 heterocycles. The number of ether oxygens (including phenoxy) is 1. The van der Waals surface area contributed by atoms with Crippen LogP contribution in [0.5, 0.6) is 0 Å². The number of hydrogen-bond donors (Lipinski definition) is 2. The van der Waals surface area contributed by atoms with Gasteiger partial charge in [0, 0.05) is 52.6 Å². The average molecular weight is 333 g/mol. The van der Waals surface area contributed by atoms with Crippen LogP contribution in [0.15, 0.2) is 23.3 Å². The molecule has 0 unspecified atom stereocenters. The molecule has 2 N–H and O–H groups in total. The van der Waals surface area contributed by atoms with E-state index in [9.17, 15) is 0 Å². The summed E-state index contributed by atoms with van der Waals surface area (Å²) in [5.74, 6) is 0.859. The van der Waals surface area contributed by atoms with Crippen LogP contribution in [0.1, 0.15) is 30.5 Å². The van der Waals surface area contributed by atoms with E-state index in [1.54, 1.807) is 7.11 Å². The molecule has 0 aromatic carbocycles. The molecule has 0 amide bonds. The van der Waals surface area contributed by atoms with Crippen molar-refractivity contribution in [3.8, 4) is 0 Å². The number of likely N-dealkylation sites (tertiary alicyclic amines) is 1. The number of nitrogens with zero attached hydrogens (tertiary/aromatic N) is 3. The second-order valence-electron chi connectivity index (χ2n) is 6.30. The number of guanidine groups is 1. The van der Waals surface area contributed by atoms with Gasteiger partial charge in [-0.2, -0.15) is 0 Å². The second-order valence-corrected chi connectivity index (χ2v) is 6.30. The van der Waals surface area contributed by atoms with Gasteiger partial charge >= 0.3 is 0 Å². The minimum atomic E-state index is 0.486. The Morgan fingerprint density at radius 2 is 2.21 bits per heavy atom. The van der Waals surface area contributed by atoms with Gasteiger partial charge in [0.05, 0.1) is 12.2 Å². The first-order valence-electron chi connectivity index (χ1n) is 8.82. The maximum atomic E-state index is 5.12. The number of aryl methyl sites for hydroxylation is 1. The molecule has 6 nitrogen and oxygen atoms in total. The second kappa shape index (κ2) is 10.3. The van der Waals surface area contributed by atoms with Gasteiger partial charge in [0.1, 0.15) is 0 Å². The molecular weight excluding hydrogens is 302 g/mol. The molecule has 1 fully saturated rings. The number of aliphatic imine (C=N–C) groups is 1.